The lowest BCUT2D eigenvalue weighted by molar-refractivity contribution is -0.0136. The first-order valence-corrected chi connectivity index (χ1v) is 10.3. The van der Waals surface area contributed by atoms with E-state index in [0.29, 0.717) is 12.6 Å². The third-order valence-corrected chi connectivity index (χ3v) is 5.72. The van der Waals surface area contributed by atoms with Gasteiger partial charge in [0, 0.05) is 38.8 Å². The van der Waals surface area contributed by atoms with Crippen molar-refractivity contribution < 1.29 is 4.74 Å². The number of thiophene rings is 1. The van der Waals surface area contributed by atoms with Gasteiger partial charge in [-0.05, 0) is 44.3 Å². The molecule has 25 heavy (non-hydrogen) atoms. The number of likely N-dealkylation sites (N-methyl/N-ethyl adjacent to an activating group) is 1. The van der Waals surface area contributed by atoms with E-state index in [4.69, 9.17) is 9.73 Å². The Morgan fingerprint density at radius 2 is 2.20 bits per heavy atom. The van der Waals surface area contributed by atoms with Crippen LogP contribution < -0.4 is 15.5 Å². The zero-order chi connectivity index (χ0) is 17.5. The van der Waals surface area contributed by atoms with Crippen LogP contribution in [-0.2, 0) is 4.74 Å². The van der Waals surface area contributed by atoms with Crippen LogP contribution in [-0.4, -0.2) is 75.9 Å². The molecule has 2 aliphatic heterocycles. The molecule has 2 saturated heterocycles. The summed E-state index contributed by atoms with van der Waals surface area (Å²) in [6.45, 7) is 8.70. The fourth-order valence-corrected chi connectivity index (χ4v) is 4.16. The van der Waals surface area contributed by atoms with E-state index in [0.717, 1.165) is 58.1 Å². The zero-order valence-corrected chi connectivity index (χ0v) is 16.2. The maximum Gasteiger partial charge on any atom is 0.191 e. The van der Waals surface area contributed by atoms with Crippen molar-refractivity contribution in [3.05, 3.63) is 17.5 Å². The smallest absolute Gasteiger partial charge is 0.191 e. The minimum absolute atomic E-state index is 0.204. The van der Waals surface area contributed by atoms with E-state index in [9.17, 15) is 0 Å². The number of hydrogen-bond acceptors (Lipinski definition) is 5. The summed E-state index contributed by atoms with van der Waals surface area (Å²) in [6, 6.07) is 4.83. The number of morpholine rings is 1. The number of anilines is 1. The Labute approximate surface area is 155 Å². The molecule has 2 aliphatic rings. The lowest BCUT2D eigenvalue weighted by Gasteiger charge is -2.34. The first-order chi connectivity index (χ1) is 12.2. The quantitative estimate of drug-likeness (QED) is 0.613. The molecule has 140 valence electrons. The van der Waals surface area contributed by atoms with Crippen molar-refractivity contribution in [2.24, 2.45) is 4.99 Å². The van der Waals surface area contributed by atoms with E-state index >= 15 is 0 Å². The summed E-state index contributed by atoms with van der Waals surface area (Å²) in [5.41, 5.74) is 0. The number of guanidine groups is 1. The van der Waals surface area contributed by atoms with Crippen molar-refractivity contribution in [3.8, 4) is 0 Å². The molecule has 1 aromatic heterocycles. The summed E-state index contributed by atoms with van der Waals surface area (Å²) >= 11 is 1.83. The molecule has 0 spiro atoms. The fraction of sp³-hybridized carbons (Fsp3) is 0.722. The molecule has 0 radical (unpaired) electrons. The summed E-state index contributed by atoms with van der Waals surface area (Å²) in [7, 11) is 2.14. The average molecular weight is 366 g/mol. The summed E-state index contributed by atoms with van der Waals surface area (Å²) in [6.07, 6.45) is 2.49. The van der Waals surface area contributed by atoms with Gasteiger partial charge < -0.3 is 25.2 Å². The van der Waals surface area contributed by atoms with Crippen molar-refractivity contribution >= 4 is 22.3 Å². The van der Waals surface area contributed by atoms with Crippen molar-refractivity contribution in [2.45, 2.75) is 31.9 Å². The highest BCUT2D eigenvalue weighted by atomic mass is 32.1. The molecule has 3 heterocycles. The van der Waals surface area contributed by atoms with Crippen molar-refractivity contribution in [2.75, 3.05) is 57.8 Å². The van der Waals surface area contributed by atoms with Crippen molar-refractivity contribution in [1.82, 2.24) is 15.5 Å². The van der Waals surface area contributed by atoms with Gasteiger partial charge in [0.25, 0.3) is 0 Å². The molecule has 7 heteroatoms. The number of aliphatic imine (C=N–C) groups is 1. The standard InChI is InChI=1S/C18H31N5OS/c1-3-19-18(20-13-16-14-22(2)10-11-24-16)21-15-6-8-23(9-7-15)17-5-4-12-25-17/h4-5,12,15-16H,3,6-11,13-14H2,1-2H3,(H2,19,20,21). The fourth-order valence-electron chi connectivity index (χ4n) is 3.38. The molecular formula is C18H31N5OS. The second-order valence-corrected chi connectivity index (χ2v) is 7.76. The van der Waals surface area contributed by atoms with Crippen molar-refractivity contribution in [1.29, 1.82) is 0 Å². The maximum absolute atomic E-state index is 5.81. The van der Waals surface area contributed by atoms with Crippen LogP contribution in [0.2, 0.25) is 0 Å². The maximum atomic E-state index is 5.81. The van der Waals surface area contributed by atoms with E-state index in [2.05, 4.69) is 51.9 Å². The largest absolute Gasteiger partial charge is 0.374 e. The molecule has 6 nitrogen and oxygen atoms in total. The third kappa shape index (κ3) is 5.59. The summed E-state index contributed by atoms with van der Waals surface area (Å²) in [4.78, 5) is 9.56. The number of hydrogen-bond donors (Lipinski definition) is 2. The highest BCUT2D eigenvalue weighted by molar-refractivity contribution is 7.14. The highest BCUT2D eigenvalue weighted by Crippen LogP contribution is 2.24. The molecule has 1 atom stereocenters. The first-order valence-electron chi connectivity index (χ1n) is 9.38. The van der Waals surface area contributed by atoms with E-state index in [1.54, 1.807) is 0 Å². The minimum atomic E-state index is 0.204. The highest BCUT2D eigenvalue weighted by Gasteiger charge is 2.21. The molecule has 2 fully saturated rings. The Bertz CT molecular complexity index is 528. The van der Waals surface area contributed by atoms with E-state index in [1.165, 1.54) is 5.00 Å². The van der Waals surface area contributed by atoms with Gasteiger partial charge in [-0.25, -0.2) is 0 Å². The van der Waals surface area contributed by atoms with Crippen molar-refractivity contribution in [3.63, 3.8) is 0 Å². The average Bonchev–Trinajstić information content (AvgIpc) is 3.15. The molecule has 0 saturated carbocycles. The second-order valence-electron chi connectivity index (χ2n) is 6.83. The Kier molecular flexibility index (Phi) is 6.95. The second kappa shape index (κ2) is 9.40. The van der Waals surface area contributed by atoms with Gasteiger partial charge in [-0.1, -0.05) is 0 Å². The minimum Gasteiger partial charge on any atom is -0.374 e. The molecule has 0 bridgehead atoms. The van der Waals surface area contributed by atoms with Gasteiger partial charge in [0.15, 0.2) is 5.96 Å². The monoisotopic (exact) mass is 365 g/mol. The number of nitrogens with zero attached hydrogens (tertiary/aromatic N) is 3. The molecule has 0 aromatic carbocycles. The molecule has 2 N–H and O–H groups in total. The van der Waals surface area contributed by atoms with Gasteiger partial charge in [0.05, 0.1) is 24.3 Å². The van der Waals surface area contributed by atoms with Crippen LogP contribution in [0.5, 0.6) is 0 Å². The summed E-state index contributed by atoms with van der Waals surface area (Å²) in [5, 5.41) is 10.5. The predicted octanol–water partition coefficient (Wildman–Crippen LogP) is 1.60. The SMILES string of the molecule is CCNC(=NCC1CN(C)CCO1)NC1CCN(c2cccs2)CC1. The number of nitrogens with one attached hydrogen (secondary N) is 2. The lowest BCUT2D eigenvalue weighted by Crippen LogP contribution is -2.49. The number of piperidine rings is 1. The Morgan fingerprint density at radius 3 is 2.88 bits per heavy atom. The van der Waals surface area contributed by atoms with E-state index in [-0.39, 0.29) is 6.10 Å². The first kappa shape index (κ1) is 18.5. The van der Waals surface area contributed by atoms with E-state index < -0.39 is 0 Å². The van der Waals surface area contributed by atoms with Gasteiger partial charge in [-0.3, -0.25) is 4.99 Å². The summed E-state index contributed by atoms with van der Waals surface area (Å²) in [5.74, 6) is 0.925. The van der Waals surface area contributed by atoms with Crippen LogP contribution in [0, 0.1) is 0 Å². The molecule has 1 aromatic rings. The molecule has 0 aliphatic carbocycles. The van der Waals surface area contributed by atoms with Crippen LogP contribution in [0.15, 0.2) is 22.5 Å². The van der Waals surface area contributed by atoms with Crippen LogP contribution >= 0.6 is 11.3 Å². The zero-order valence-electron chi connectivity index (χ0n) is 15.4. The number of rotatable bonds is 5. The molecule has 1 unspecified atom stereocenters. The lowest BCUT2D eigenvalue weighted by atomic mass is 10.1. The van der Waals surface area contributed by atoms with Gasteiger partial charge in [0.1, 0.15) is 0 Å². The Hall–Kier alpha value is -1.31. The van der Waals surface area contributed by atoms with Crippen LogP contribution in [0.25, 0.3) is 0 Å². The van der Waals surface area contributed by atoms with Crippen LogP contribution in [0.4, 0.5) is 5.00 Å². The summed E-state index contributed by atoms with van der Waals surface area (Å²) < 4.78 is 5.81. The Morgan fingerprint density at radius 1 is 1.36 bits per heavy atom. The predicted molar refractivity (Wildman–Crippen MR) is 106 cm³/mol. The molecular weight excluding hydrogens is 334 g/mol. The normalized spacial score (nSPS) is 23.7. The molecule has 0 amide bonds. The van der Waals surface area contributed by atoms with Gasteiger partial charge in [-0.2, -0.15) is 0 Å². The molecule has 3 rings (SSSR count). The van der Waals surface area contributed by atoms with E-state index in [1.807, 2.05) is 11.3 Å². The third-order valence-electron chi connectivity index (χ3n) is 4.79. The number of ether oxygens (including phenoxy) is 1. The van der Waals surface area contributed by atoms with Crippen LogP contribution in [0.3, 0.4) is 0 Å². The van der Waals surface area contributed by atoms with Gasteiger partial charge in [0.2, 0.25) is 0 Å². The van der Waals surface area contributed by atoms with Gasteiger partial charge >= 0.3 is 0 Å². The van der Waals surface area contributed by atoms with Gasteiger partial charge in [-0.15, -0.1) is 11.3 Å². The topological polar surface area (TPSA) is 52.1 Å². The van der Waals surface area contributed by atoms with Crippen LogP contribution in [0.1, 0.15) is 19.8 Å². The Balaban J connectivity index is 1.47.